The molecule has 7 nitrogen and oxygen atoms in total. The highest BCUT2D eigenvalue weighted by Crippen LogP contribution is 2.37. The molecule has 0 unspecified atom stereocenters. The molecule has 0 atom stereocenters. The summed E-state index contributed by atoms with van der Waals surface area (Å²) in [6.07, 6.45) is 5.77. The van der Waals surface area contributed by atoms with E-state index >= 15 is 0 Å². The lowest BCUT2D eigenvalue weighted by Crippen LogP contribution is -2.15. The second-order valence-electron chi connectivity index (χ2n) is 8.13. The monoisotopic (exact) mass is 489 g/mol. The molecule has 0 saturated carbocycles. The number of aromatic nitrogens is 3. The van der Waals surface area contributed by atoms with E-state index in [1.807, 2.05) is 35.8 Å². The average molecular weight is 490 g/mol. The minimum atomic E-state index is -0.157. The first-order valence-corrected chi connectivity index (χ1v) is 12.9. The fraction of sp³-hybridized carbons (Fsp3) is 0.280. The number of aryl methyl sites for hydroxylation is 2. The van der Waals surface area contributed by atoms with Crippen molar-refractivity contribution in [2.75, 3.05) is 11.1 Å². The van der Waals surface area contributed by atoms with Gasteiger partial charge in [-0.3, -0.25) is 9.36 Å². The van der Waals surface area contributed by atoms with Crippen LogP contribution in [-0.4, -0.2) is 26.4 Å². The summed E-state index contributed by atoms with van der Waals surface area (Å²) >= 11 is 2.87. The Hall–Kier alpha value is -3.35. The number of fused-ring (bicyclic) bond motifs is 1. The molecule has 1 amide bonds. The Morgan fingerprint density at radius 3 is 2.82 bits per heavy atom. The topological polar surface area (TPSA) is 96.7 Å². The highest BCUT2D eigenvalue weighted by molar-refractivity contribution is 7.99. The van der Waals surface area contributed by atoms with Crippen LogP contribution in [0.5, 0.6) is 0 Å². The van der Waals surface area contributed by atoms with E-state index in [-0.39, 0.29) is 11.7 Å². The number of thioether (sulfide) groups is 1. The van der Waals surface area contributed by atoms with Crippen LogP contribution in [0.15, 0.2) is 52.2 Å². The normalized spacial score (nSPS) is 12.8. The van der Waals surface area contributed by atoms with Crippen molar-refractivity contribution in [2.24, 2.45) is 0 Å². The van der Waals surface area contributed by atoms with Crippen LogP contribution in [-0.2, 0) is 24.2 Å². The largest absolute Gasteiger partial charge is 0.469 e. The van der Waals surface area contributed by atoms with Crippen LogP contribution in [0, 0.1) is 18.3 Å². The summed E-state index contributed by atoms with van der Waals surface area (Å²) in [5.41, 5.74) is 3.73. The number of anilines is 1. The highest BCUT2D eigenvalue weighted by atomic mass is 32.2. The average Bonchev–Trinajstić information content (AvgIpc) is 3.54. The van der Waals surface area contributed by atoms with Gasteiger partial charge in [-0.05, 0) is 49.8 Å². The van der Waals surface area contributed by atoms with E-state index in [1.54, 1.807) is 6.26 Å². The molecule has 0 spiro atoms. The lowest BCUT2D eigenvalue weighted by molar-refractivity contribution is -0.113. The molecule has 1 N–H and O–H groups in total. The molecule has 4 aromatic rings. The second kappa shape index (κ2) is 9.87. The van der Waals surface area contributed by atoms with E-state index in [0.717, 1.165) is 48.1 Å². The maximum atomic E-state index is 12.8. The van der Waals surface area contributed by atoms with Gasteiger partial charge >= 0.3 is 0 Å². The lowest BCUT2D eigenvalue weighted by atomic mass is 9.96. The summed E-state index contributed by atoms with van der Waals surface area (Å²) in [6, 6.07) is 14.3. The van der Waals surface area contributed by atoms with Gasteiger partial charge in [-0.15, -0.1) is 21.5 Å². The van der Waals surface area contributed by atoms with Crippen molar-refractivity contribution in [3.8, 4) is 17.5 Å². The van der Waals surface area contributed by atoms with Gasteiger partial charge in [0.25, 0.3) is 0 Å². The molecule has 172 valence electrons. The molecule has 0 radical (unpaired) electrons. The number of nitriles is 1. The van der Waals surface area contributed by atoms with E-state index < -0.39 is 0 Å². The van der Waals surface area contributed by atoms with Crippen LogP contribution < -0.4 is 5.32 Å². The third-order valence-electron chi connectivity index (χ3n) is 5.87. The number of hydrogen-bond acceptors (Lipinski definition) is 7. The van der Waals surface area contributed by atoms with Gasteiger partial charge in [0.15, 0.2) is 11.0 Å². The molecule has 1 aliphatic rings. The van der Waals surface area contributed by atoms with Gasteiger partial charge in [0, 0.05) is 4.88 Å². The van der Waals surface area contributed by atoms with E-state index in [1.165, 1.54) is 28.0 Å². The molecule has 1 aromatic carbocycles. The van der Waals surface area contributed by atoms with Crippen molar-refractivity contribution in [3.63, 3.8) is 0 Å². The highest BCUT2D eigenvalue weighted by Gasteiger charge is 2.23. The summed E-state index contributed by atoms with van der Waals surface area (Å²) in [7, 11) is 0. The minimum absolute atomic E-state index is 0.157. The van der Waals surface area contributed by atoms with Crippen molar-refractivity contribution in [1.29, 1.82) is 5.26 Å². The molecular formula is C25H23N5O2S2. The predicted octanol–water partition coefficient (Wildman–Crippen LogP) is 5.44. The molecule has 0 fully saturated rings. The number of carbonyl (C=O) groups is 1. The number of furan rings is 1. The third kappa shape index (κ3) is 4.52. The van der Waals surface area contributed by atoms with Crippen LogP contribution in [0.25, 0.3) is 11.4 Å². The van der Waals surface area contributed by atoms with Crippen LogP contribution in [0.3, 0.4) is 0 Å². The minimum Gasteiger partial charge on any atom is -0.469 e. The number of hydrogen-bond donors (Lipinski definition) is 1. The van der Waals surface area contributed by atoms with Crippen molar-refractivity contribution in [1.82, 2.24) is 14.8 Å². The van der Waals surface area contributed by atoms with E-state index in [9.17, 15) is 10.1 Å². The van der Waals surface area contributed by atoms with Gasteiger partial charge in [0.05, 0.1) is 29.7 Å². The number of thiophene rings is 1. The predicted molar refractivity (Wildman–Crippen MR) is 133 cm³/mol. The zero-order valence-corrected chi connectivity index (χ0v) is 20.3. The Kier molecular flexibility index (Phi) is 6.52. The maximum absolute atomic E-state index is 12.8. The first-order chi connectivity index (χ1) is 16.6. The van der Waals surface area contributed by atoms with E-state index in [4.69, 9.17) is 4.42 Å². The zero-order chi connectivity index (χ0) is 23.5. The molecule has 34 heavy (non-hydrogen) atoms. The molecule has 0 aliphatic heterocycles. The van der Waals surface area contributed by atoms with Gasteiger partial charge in [-0.2, -0.15) is 5.26 Å². The summed E-state index contributed by atoms with van der Waals surface area (Å²) < 4.78 is 7.49. The Morgan fingerprint density at radius 2 is 2.06 bits per heavy atom. The number of rotatable bonds is 7. The Labute approximate surface area is 205 Å². The summed E-state index contributed by atoms with van der Waals surface area (Å²) in [4.78, 5) is 14.0. The number of amides is 1. The van der Waals surface area contributed by atoms with E-state index in [2.05, 4.69) is 33.7 Å². The Bertz CT molecular complexity index is 1360. The molecular weight excluding hydrogens is 466 g/mol. The smallest absolute Gasteiger partial charge is 0.235 e. The number of nitrogens with one attached hydrogen (secondary N) is 1. The standard InChI is InChI=1S/C25H23N5O2S2/c1-16-18(11-12-32-16)23-28-29-25(30(23)14-17-7-3-2-4-8-17)33-15-22(31)27-24-20(13-26)19-9-5-6-10-21(19)34-24/h2-4,7-8,11-12H,5-6,9-10,14-15H2,1H3,(H,27,31). The zero-order valence-electron chi connectivity index (χ0n) is 18.7. The number of carbonyl (C=O) groups excluding carboxylic acids is 1. The summed E-state index contributed by atoms with van der Waals surface area (Å²) in [6.45, 7) is 2.47. The summed E-state index contributed by atoms with van der Waals surface area (Å²) in [5, 5.41) is 22.7. The van der Waals surface area contributed by atoms with Crippen LogP contribution in [0.4, 0.5) is 5.00 Å². The van der Waals surface area contributed by atoms with Gasteiger partial charge in [-0.25, -0.2) is 0 Å². The fourth-order valence-corrected chi connectivity index (χ4v) is 6.18. The SMILES string of the molecule is Cc1occc1-c1nnc(SCC(=O)Nc2sc3c(c2C#N)CCCC3)n1Cc1ccccc1. The maximum Gasteiger partial charge on any atom is 0.235 e. The lowest BCUT2D eigenvalue weighted by Gasteiger charge is -2.10. The molecule has 5 rings (SSSR count). The van der Waals surface area contributed by atoms with Gasteiger partial charge in [0.2, 0.25) is 5.91 Å². The van der Waals surface area contributed by atoms with Crippen molar-refractivity contribution in [2.45, 2.75) is 44.3 Å². The first-order valence-electron chi connectivity index (χ1n) is 11.1. The van der Waals surface area contributed by atoms with E-state index in [0.29, 0.717) is 28.1 Å². The van der Waals surface area contributed by atoms with Crippen molar-refractivity contribution in [3.05, 3.63) is 70.0 Å². The fourth-order valence-electron chi connectivity index (χ4n) is 4.19. The van der Waals surface area contributed by atoms with Gasteiger partial charge in [-0.1, -0.05) is 42.1 Å². The summed E-state index contributed by atoms with van der Waals surface area (Å²) in [5.74, 6) is 1.48. The molecule has 3 heterocycles. The Balaban J connectivity index is 1.35. The molecule has 0 bridgehead atoms. The molecule has 1 aliphatic carbocycles. The van der Waals surface area contributed by atoms with Gasteiger partial charge in [0.1, 0.15) is 16.8 Å². The number of benzene rings is 1. The van der Waals surface area contributed by atoms with Crippen LogP contribution in [0.2, 0.25) is 0 Å². The number of nitrogens with zero attached hydrogens (tertiary/aromatic N) is 4. The second-order valence-corrected chi connectivity index (χ2v) is 10.2. The quantitative estimate of drug-likeness (QED) is 0.347. The van der Waals surface area contributed by atoms with Crippen LogP contribution in [0.1, 0.15) is 40.2 Å². The molecule has 3 aromatic heterocycles. The van der Waals surface area contributed by atoms with Crippen molar-refractivity contribution < 1.29 is 9.21 Å². The third-order valence-corrected chi connectivity index (χ3v) is 8.04. The Morgan fingerprint density at radius 1 is 1.24 bits per heavy atom. The van der Waals surface area contributed by atoms with Crippen molar-refractivity contribution >= 4 is 34.0 Å². The first kappa shape index (κ1) is 22.4. The molecule has 0 saturated heterocycles. The van der Waals surface area contributed by atoms with Crippen LogP contribution >= 0.6 is 23.1 Å². The molecule has 9 heteroatoms. The van der Waals surface area contributed by atoms with Gasteiger partial charge < -0.3 is 9.73 Å².